The number of carbonyl (C=O) groups excluding carboxylic acids is 1. The SMILES string of the molecule is O=C(Nc1cc(Cl)cc(Cl)c1)Nc1ccc(Br)cc1C(=O)O. The lowest BCUT2D eigenvalue weighted by atomic mass is 10.2. The van der Waals surface area contributed by atoms with E-state index in [-0.39, 0.29) is 11.3 Å². The van der Waals surface area contributed by atoms with Gasteiger partial charge in [0.25, 0.3) is 0 Å². The molecule has 8 heteroatoms. The molecule has 0 radical (unpaired) electrons. The third-order valence-electron chi connectivity index (χ3n) is 2.58. The van der Waals surface area contributed by atoms with Gasteiger partial charge in [0.1, 0.15) is 0 Å². The number of anilines is 2. The van der Waals surface area contributed by atoms with Gasteiger partial charge in [-0.1, -0.05) is 39.1 Å². The molecule has 0 aliphatic carbocycles. The Hall–Kier alpha value is -1.76. The molecule has 114 valence electrons. The molecule has 2 aromatic rings. The Kier molecular flexibility index (Phi) is 5.28. The highest BCUT2D eigenvalue weighted by Gasteiger charge is 2.13. The Morgan fingerprint density at radius 1 is 1.00 bits per heavy atom. The number of carboxylic acid groups (broad SMARTS) is 1. The minimum Gasteiger partial charge on any atom is -0.478 e. The van der Waals surface area contributed by atoms with E-state index in [1.54, 1.807) is 6.07 Å². The predicted molar refractivity (Wildman–Crippen MR) is 90.2 cm³/mol. The fraction of sp³-hybridized carbons (Fsp3) is 0. The molecule has 0 bridgehead atoms. The highest BCUT2D eigenvalue weighted by Crippen LogP contribution is 2.24. The largest absolute Gasteiger partial charge is 0.478 e. The maximum atomic E-state index is 12.0. The summed E-state index contributed by atoms with van der Waals surface area (Å²) in [7, 11) is 0. The molecule has 0 heterocycles. The van der Waals surface area contributed by atoms with Crippen molar-refractivity contribution in [2.24, 2.45) is 0 Å². The summed E-state index contributed by atoms with van der Waals surface area (Å²) in [4.78, 5) is 23.1. The highest BCUT2D eigenvalue weighted by atomic mass is 79.9. The molecule has 22 heavy (non-hydrogen) atoms. The molecule has 0 atom stereocenters. The zero-order chi connectivity index (χ0) is 16.3. The number of halogens is 3. The molecule has 0 aromatic heterocycles. The topological polar surface area (TPSA) is 78.4 Å². The maximum absolute atomic E-state index is 12.0. The predicted octanol–water partition coefficient (Wildman–Crippen LogP) is 5.10. The molecule has 0 saturated carbocycles. The van der Waals surface area contributed by atoms with Crippen LogP contribution in [0.1, 0.15) is 10.4 Å². The molecule has 5 nitrogen and oxygen atoms in total. The number of carboxylic acids is 1. The van der Waals surface area contributed by atoms with Gasteiger partial charge in [-0.2, -0.15) is 0 Å². The number of urea groups is 1. The standard InChI is InChI=1S/C14H9BrCl2N2O3/c15-7-1-2-12(11(3-7)13(20)21)19-14(22)18-10-5-8(16)4-9(17)6-10/h1-6H,(H,20,21)(H2,18,19,22). The number of amides is 2. The number of carbonyl (C=O) groups is 2. The second-order valence-corrected chi connectivity index (χ2v) is 6.02. The number of hydrogen-bond acceptors (Lipinski definition) is 2. The van der Waals surface area contributed by atoms with Gasteiger partial charge in [-0.15, -0.1) is 0 Å². The first-order valence-electron chi connectivity index (χ1n) is 5.92. The van der Waals surface area contributed by atoms with E-state index in [2.05, 4.69) is 26.6 Å². The highest BCUT2D eigenvalue weighted by molar-refractivity contribution is 9.10. The third kappa shape index (κ3) is 4.37. The number of rotatable bonds is 3. The van der Waals surface area contributed by atoms with E-state index in [1.165, 1.54) is 30.3 Å². The molecular weight excluding hydrogens is 395 g/mol. The van der Waals surface area contributed by atoms with E-state index < -0.39 is 12.0 Å². The Morgan fingerprint density at radius 3 is 2.23 bits per heavy atom. The van der Waals surface area contributed by atoms with Crippen molar-refractivity contribution in [1.29, 1.82) is 0 Å². The van der Waals surface area contributed by atoms with Crippen LogP contribution in [0.4, 0.5) is 16.2 Å². The monoisotopic (exact) mass is 402 g/mol. The van der Waals surface area contributed by atoms with Crippen molar-refractivity contribution in [3.63, 3.8) is 0 Å². The van der Waals surface area contributed by atoms with Crippen LogP contribution in [-0.4, -0.2) is 17.1 Å². The summed E-state index contributed by atoms with van der Waals surface area (Å²) in [6, 6.07) is 8.47. The van der Waals surface area contributed by atoms with Crippen molar-refractivity contribution in [1.82, 2.24) is 0 Å². The minimum absolute atomic E-state index is 0.0337. The van der Waals surface area contributed by atoms with Gasteiger partial charge in [-0.3, -0.25) is 0 Å². The van der Waals surface area contributed by atoms with Gasteiger partial charge in [0.2, 0.25) is 0 Å². The lowest BCUT2D eigenvalue weighted by molar-refractivity contribution is 0.0698. The average Bonchev–Trinajstić information content (AvgIpc) is 2.39. The van der Waals surface area contributed by atoms with Crippen LogP contribution in [0.3, 0.4) is 0 Å². The third-order valence-corrected chi connectivity index (χ3v) is 3.51. The van der Waals surface area contributed by atoms with Crippen LogP contribution in [0.5, 0.6) is 0 Å². The fourth-order valence-electron chi connectivity index (χ4n) is 1.71. The van der Waals surface area contributed by atoms with Gasteiger partial charge >= 0.3 is 12.0 Å². The first-order valence-corrected chi connectivity index (χ1v) is 7.47. The van der Waals surface area contributed by atoms with Crippen molar-refractivity contribution in [3.8, 4) is 0 Å². The number of hydrogen-bond donors (Lipinski definition) is 3. The summed E-state index contributed by atoms with van der Waals surface area (Å²) in [6.45, 7) is 0. The molecule has 0 unspecified atom stereocenters. The second kappa shape index (κ2) is 7.00. The van der Waals surface area contributed by atoms with E-state index in [0.29, 0.717) is 20.2 Å². The van der Waals surface area contributed by atoms with Gasteiger partial charge in [0.15, 0.2) is 0 Å². The molecular formula is C14H9BrCl2N2O3. The van der Waals surface area contributed by atoms with Gasteiger partial charge in [0, 0.05) is 20.2 Å². The van der Waals surface area contributed by atoms with Crippen LogP contribution in [0.25, 0.3) is 0 Å². The van der Waals surface area contributed by atoms with Gasteiger partial charge in [0.05, 0.1) is 11.3 Å². The molecule has 2 amide bonds. The van der Waals surface area contributed by atoms with E-state index in [0.717, 1.165) is 0 Å². The summed E-state index contributed by atoms with van der Waals surface area (Å²) in [5.41, 5.74) is 0.527. The van der Waals surface area contributed by atoms with Gasteiger partial charge in [-0.25, -0.2) is 9.59 Å². The smallest absolute Gasteiger partial charge is 0.337 e. The summed E-state index contributed by atoms with van der Waals surface area (Å²) < 4.78 is 0.595. The van der Waals surface area contributed by atoms with E-state index >= 15 is 0 Å². The quantitative estimate of drug-likeness (QED) is 0.667. The van der Waals surface area contributed by atoms with Crippen LogP contribution >= 0.6 is 39.1 Å². The lowest BCUT2D eigenvalue weighted by Gasteiger charge is -2.11. The average molecular weight is 404 g/mol. The summed E-state index contributed by atoms with van der Waals surface area (Å²) in [5.74, 6) is -1.15. The number of aromatic carboxylic acids is 1. The van der Waals surface area contributed by atoms with Crippen LogP contribution in [0.15, 0.2) is 40.9 Å². The minimum atomic E-state index is -1.15. The molecule has 0 spiro atoms. The first kappa shape index (κ1) is 16.6. The van der Waals surface area contributed by atoms with Gasteiger partial charge in [-0.05, 0) is 36.4 Å². The van der Waals surface area contributed by atoms with E-state index in [9.17, 15) is 9.59 Å². The molecule has 0 fully saturated rings. The molecule has 2 aromatic carbocycles. The van der Waals surface area contributed by atoms with Crippen molar-refractivity contribution in [2.75, 3.05) is 10.6 Å². The Balaban J connectivity index is 2.17. The molecule has 0 aliphatic heterocycles. The first-order chi connectivity index (χ1) is 10.3. The Labute approximate surface area is 144 Å². The normalized spacial score (nSPS) is 10.1. The van der Waals surface area contributed by atoms with E-state index in [4.69, 9.17) is 28.3 Å². The van der Waals surface area contributed by atoms with Gasteiger partial charge < -0.3 is 15.7 Å². The second-order valence-electron chi connectivity index (χ2n) is 4.23. The van der Waals surface area contributed by atoms with Crippen LogP contribution in [-0.2, 0) is 0 Å². The maximum Gasteiger partial charge on any atom is 0.337 e. The Morgan fingerprint density at radius 2 is 1.64 bits per heavy atom. The molecule has 2 rings (SSSR count). The zero-order valence-corrected chi connectivity index (χ0v) is 14.0. The summed E-state index contributed by atoms with van der Waals surface area (Å²) in [5, 5.41) is 14.9. The van der Waals surface area contributed by atoms with E-state index in [1.807, 2.05) is 0 Å². The van der Waals surface area contributed by atoms with Crippen LogP contribution in [0, 0.1) is 0 Å². The van der Waals surface area contributed by atoms with Crippen molar-refractivity contribution in [3.05, 3.63) is 56.5 Å². The molecule has 3 N–H and O–H groups in total. The summed E-state index contributed by atoms with van der Waals surface area (Å²) in [6.07, 6.45) is 0. The van der Waals surface area contributed by atoms with Crippen molar-refractivity contribution >= 4 is 62.5 Å². The number of nitrogens with one attached hydrogen (secondary N) is 2. The van der Waals surface area contributed by atoms with Crippen molar-refractivity contribution < 1.29 is 14.7 Å². The molecule has 0 saturated heterocycles. The lowest BCUT2D eigenvalue weighted by Crippen LogP contribution is -2.21. The molecule has 0 aliphatic rings. The van der Waals surface area contributed by atoms with Crippen LogP contribution < -0.4 is 10.6 Å². The number of benzene rings is 2. The summed E-state index contributed by atoms with van der Waals surface area (Å²) >= 11 is 14.9. The fourth-order valence-corrected chi connectivity index (χ4v) is 2.60. The van der Waals surface area contributed by atoms with Crippen molar-refractivity contribution in [2.45, 2.75) is 0 Å². The zero-order valence-electron chi connectivity index (χ0n) is 10.9. The van der Waals surface area contributed by atoms with Crippen LogP contribution in [0.2, 0.25) is 10.0 Å². The Bertz CT molecular complexity index is 733.